The van der Waals surface area contributed by atoms with E-state index in [9.17, 15) is 13.6 Å². The van der Waals surface area contributed by atoms with Crippen molar-refractivity contribution in [2.24, 2.45) is 0 Å². The first-order valence-corrected chi connectivity index (χ1v) is 6.10. The van der Waals surface area contributed by atoms with E-state index in [1.54, 1.807) is 37.5 Å². The van der Waals surface area contributed by atoms with E-state index in [1.165, 1.54) is 12.1 Å². The minimum Gasteiger partial charge on any atom is -0.433 e. The molecule has 21 heavy (non-hydrogen) atoms. The molecule has 108 valence electrons. The SMILES string of the molecule is Cc1cc(OC(F)F)cnc1C(=O)/C=C/c1ccncc1. The highest BCUT2D eigenvalue weighted by Gasteiger charge is 2.11. The van der Waals surface area contributed by atoms with E-state index in [-0.39, 0.29) is 17.2 Å². The quantitative estimate of drug-likeness (QED) is 0.626. The zero-order valence-electron chi connectivity index (χ0n) is 11.2. The number of rotatable bonds is 5. The molecule has 0 spiro atoms. The van der Waals surface area contributed by atoms with Crippen LogP contribution in [-0.2, 0) is 0 Å². The van der Waals surface area contributed by atoms with Crippen molar-refractivity contribution in [3.8, 4) is 5.75 Å². The lowest BCUT2D eigenvalue weighted by molar-refractivity contribution is -0.0501. The number of carbonyl (C=O) groups is 1. The average Bonchev–Trinajstić information content (AvgIpc) is 2.45. The smallest absolute Gasteiger partial charge is 0.387 e. The van der Waals surface area contributed by atoms with Crippen molar-refractivity contribution in [3.63, 3.8) is 0 Å². The summed E-state index contributed by atoms with van der Waals surface area (Å²) >= 11 is 0. The van der Waals surface area contributed by atoms with Gasteiger partial charge < -0.3 is 4.74 Å². The topological polar surface area (TPSA) is 52.1 Å². The Morgan fingerprint density at radius 3 is 2.67 bits per heavy atom. The van der Waals surface area contributed by atoms with Crippen LogP contribution >= 0.6 is 0 Å². The third-order valence-electron chi connectivity index (χ3n) is 2.65. The molecule has 0 saturated heterocycles. The van der Waals surface area contributed by atoms with Gasteiger partial charge in [-0.3, -0.25) is 9.78 Å². The van der Waals surface area contributed by atoms with Crippen LogP contribution < -0.4 is 4.74 Å². The summed E-state index contributed by atoms with van der Waals surface area (Å²) in [6, 6.07) is 4.86. The van der Waals surface area contributed by atoms with Gasteiger partial charge in [0.05, 0.1) is 6.20 Å². The van der Waals surface area contributed by atoms with Crippen LogP contribution in [0.15, 0.2) is 42.9 Å². The van der Waals surface area contributed by atoms with Crippen molar-refractivity contribution in [1.29, 1.82) is 0 Å². The first-order valence-electron chi connectivity index (χ1n) is 6.10. The van der Waals surface area contributed by atoms with Gasteiger partial charge in [0.25, 0.3) is 0 Å². The summed E-state index contributed by atoms with van der Waals surface area (Å²) < 4.78 is 28.4. The third-order valence-corrected chi connectivity index (χ3v) is 2.65. The molecule has 2 rings (SSSR count). The summed E-state index contributed by atoms with van der Waals surface area (Å²) in [5, 5.41) is 0. The Bertz CT molecular complexity index is 658. The maximum atomic E-state index is 12.1. The van der Waals surface area contributed by atoms with E-state index in [2.05, 4.69) is 14.7 Å². The third kappa shape index (κ3) is 4.17. The molecule has 2 heterocycles. The molecule has 2 aromatic rings. The van der Waals surface area contributed by atoms with E-state index >= 15 is 0 Å². The molecule has 0 saturated carbocycles. The molecular weight excluding hydrogens is 278 g/mol. The van der Waals surface area contributed by atoms with Gasteiger partial charge >= 0.3 is 6.61 Å². The van der Waals surface area contributed by atoms with Gasteiger partial charge in [-0.15, -0.1) is 0 Å². The van der Waals surface area contributed by atoms with Gasteiger partial charge in [-0.1, -0.05) is 6.08 Å². The van der Waals surface area contributed by atoms with Crippen LogP contribution in [-0.4, -0.2) is 22.4 Å². The molecule has 6 heteroatoms. The Hall–Kier alpha value is -2.63. The first-order chi connectivity index (χ1) is 10.1. The maximum absolute atomic E-state index is 12.1. The van der Waals surface area contributed by atoms with E-state index < -0.39 is 6.61 Å². The lowest BCUT2D eigenvalue weighted by Crippen LogP contribution is -2.06. The molecule has 0 atom stereocenters. The average molecular weight is 290 g/mol. The summed E-state index contributed by atoms with van der Waals surface area (Å²) in [6.45, 7) is -1.31. The van der Waals surface area contributed by atoms with Crippen LogP contribution in [0.5, 0.6) is 5.75 Å². The second-order valence-electron chi connectivity index (χ2n) is 4.19. The number of ether oxygens (including phenoxy) is 1. The van der Waals surface area contributed by atoms with E-state index in [0.717, 1.165) is 11.8 Å². The van der Waals surface area contributed by atoms with Crippen LogP contribution in [0.2, 0.25) is 0 Å². The monoisotopic (exact) mass is 290 g/mol. The molecule has 0 N–H and O–H groups in total. The molecule has 0 aliphatic heterocycles. The van der Waals surface area contributed by atoms with Crippen molar-refractivity contribution in [3.05, 3.63) is 59.7 Å². The zero-order valence-corrected chi connectivity index (χ0v) is 11.2. The molecule has 0 bridgehead atoms. The second-order valence-corrected chi connectivity index (χ2v) is 4.19. The summed E-state index contributed by atoms with van der Waals surface area (Å²) in [5.41, 5.74) is 1.49. The normalized spacial score (nSPS) is 11.0. The van der Waals surface area contributed by atoms with E-state index in [1.807, 2.05) is 0 Å². The Labute approximate surface area is 120 Å². The fourth-order valence-corrected chi connectivity index (χ4v) is 1.70. The molecule has 0 aromatic carbocycles. The van der Waals surface area contributed by atoms with Gasteiger partial charge in [0.2, 0.25) is 5.78 Å². The fraction of sp³-hybridized carbons (Fsp3) is 0.133. The van der Waals surface area contributed by atoms with Gasteiger partial charge in [-0.2, -0.15) is 8.78 Å². The summed E-state index contributed by atoms with van der Waals surface area (Å²) in [6.07, 6.45) is 7.34. The standard InChI is InChI=1S/C15H12F2N2O2/c1-10-8-12(21-15(16)17)9-19-14(10)13(20)3-2-11-4-6-18-7-5-11/h2-9,15H,1H3/b3-2+. The number of halogens is 2. The van der Waals surface area contributed by atoms with Crippen LogP contribution in [0.1, 0.15) is 21.6 Å². The molecule has 4 nitrogen and oxygen atoms in total. The summed E-state index contributed by atoms with van der Waals surface area (Å²) in [4.78, 5) is 19.8. The Balaban J connectivity index is 2.14. The van der Waals surface area contributed by atoms with Gasteiger partial charge in [0.1, 0.15) is 11.4 Å². The zero-order chi connectivity index (χ0) is 15.2. The number of allylic oxidation sites excluding steroid dienone is 1. The predicted molar refractivity (Wildman–Crippen MR) is 73.2 cm³/mol. The van der Waals surface area contributed by atoms with Crippen molar-refractivity contribution in [2.75, 3.05) is 0 Å². The first kappa shape index (κ1) is 14.8. The van der Waals surface area contributed by atoms with E-state index in [0.29, 0.717) is 5.56 Å². The van der Waals surface area contributed by atoms with Crippen molar-refractivity contribution in [2.45, 2.75) is 13.5 Å². The Kier molecular flexibility index (Phi) is 4.71. The number of nitrogens with zero attached hydrogens (tertiary/aromatic N) is 2. The van der Waals surface area contributed by atoms with Crippen molar-refractivity contribution < 1.29 is 18.3 Å². The number of aromatic nitrogens is 2. The van der Waals surface area contributed by atoms with Crippen LogP contribution in [0.3, 0.4) is 0 Å². The minimum absolute atomic E-state index is 0.0721. The van der Waals surface area contributed by atoms with Crippen molar-refractivity contribution >= 4 is 11.9 Å². The number of carbonyl (C=O) groups excluding carboxylic acids is 1. The lowest BCUT2D eigenvalue weighted by atomic mass is 10.1. The van der Waals surface area contributed by atoms with Gasteiger partial charge in [0.15, 0.2) is 0 Å². The molecule has 2 aromatic heterocycles. The summed E-state index contributed by atoms with van der Waals surface area (Å²) in [5.74, 6) is -0.384. The largest absolute Gasteiger partial charge is 0.433 e. The van der Waals surface area contributed by atoms with Crippen LogP contribution in [0, 0.1) is 6.92 Å². The molecule has 0 radical (unpaired) electrons. The number of aryl methyl sites for hydroxylation is 1. The van der Waals surface area contributed by atoms with Gasteiger partial charge in [0, 0.05) is 12.4 Å². The molecule has 0 aliphatic carbocycles. The molecule has 0 unspecified atom stereocenters. The Morgan fingerprint density at radius 2 is 2.05 bits per heavy atom. The Morgan fingerprint density at radius 1 is 1.33 bits per heavy atom. The van der Waals surface area contributed by atoms with Crippen LogP contribution in [0.4, 0.5) is 8.78 Å². The fourth-order valence-electron chi connectivity index (χ4n) is 1.70. The van der Waals surface area contributed by atoms with Crippen molar-refractivity contribution in [1.82, 2.24) is 9.97 Å². The molecule has 0 aliphatic rings. The number of hydrogen-bond acceptors (Lipinski definition) is 4. The summed E-state index contributed by atoms with van der Waals surface area (Å²) in [7, 11) is 0. The van der Waals surface area contributed by atoms with E-state index in [4.69, 9.17) is 0 Å². The highest BCUT2D eigenvalue weighted by molar-refractivity contribution is 6.06. The molecule has 0 fully saturated rings. The van der Waals surface area contributed by atoms with Gasteiger partial charge in [-0.05, 0) is 42.3 Å². The second kappa shape index (κ2) is 6.69. The number of ketones is 1. The highest BCUT2D eigenvalue weighted by atomic mass is 19.3. The molecular formula is C15H12F2N2O2. The molecule has 0 amide bonds. The number of alkyl halides is 2. The van der Waals surface area contributed by atoms with Gasteiger partial charge in [-0.25, -0.2) is 4.98 Å². The maximum Gasteiger partial charge on any atom is 0.387 e. The lowest BCUT2D eigenvalue weighted by Gasteiger charge is -2.06. The predicted octanol–water partition coefficient (Wildman–Crippen LogP) is 3.28. The van der Waals surface area contributed by atoms with Crippen LogP contribution in [0.25, 0.3) is 6.08 Å². The highest BCUT2D eigenvalue weighted by Crippen LogP contribution is 2.17. The number of hydrogen-bond donors (Lipinski definition) is 0. The number of pyridine rings is 2. The minimum atomic E-state index is -2.92.